The van der Waals surface area contributed by atoms with Crippen LogP contribution in [0, 0.1) is 0 Å². The van der Waals surface area contributed by atoms with Crippen LogP contribution >= 0.6 is 0 Å². The molecule has 0 saturated heterocycles. The minimum absolute atomic E-state index is 0.0318. The average Bonchev–Trinajstić information content (AvgIpc) is 2.73. The van der Waals surface area contributed by atoms with Gasteiger partial charge in [0.05, 0.1) is 0 Å². The Labute approximate surface area is 162 Å². The molecule has 6 nitrogen and oxygen atoms in total. The predicted molar refractivity (Wildman–Crippen MR) is 106 cm³/mol. The van der Waals surface area contributed by atoms with Crippen molar-refractivity contribution in [2.24, 2.45) is 0 Å². The average molecular weight is 373 g/mol. The molecule has 0 aliphatic heterocycles. The molecule has 0 fully saturated rings. The minimum Gasteiger partial charge on any atom is -0.348 e. The molecule has 0 spiro atoms. The van der Waals surface area contributed by atoms with Gasteiger partial charge >= 0.3 is 0 Å². The van der Waals surface area contributed by atoms with Crippen molar-refractivity contribution in [3.63, 3.8) is 0 Å². The Hall–Kier alpha value is -3.80. The topological polar surface area (TPSA) is 88.2 Å². The lowest BCUT2D eigenvalue weighted by Gasteiger charge is -2.08. The minimum atomic E-state index is -0.292. The molecule has 1 heterocycles. The molecule has 0 saturated carbocycles. The van der Waals surface area contributed by atoms with E-state index in [1.165, 1.54) is 6.92 Å². The van der Waals surface area contributed by atoms with Crippen LogP contribution < -0.4 is 10.6 Å². The molecule has 3 aromatic rings. The van der Waals surface area contributed by atoms with Crippen LogP contribution in [0.4, 0.5) is 5.69 Å². The molecule has 1 aromatic heterocycles. The molecule has 140 valence electrons. The molecule has 0 aliphatic rings. The highest BCUT2D eigenvalue weighted by atomic mass is 16.2. The number of pyridine rings is 1. The molecule has 0 radical (unpaired) electrons. The number of nitrogens with zero attached hydrogens (tertiary/aromatic N) is 1. The summed E-state index contributed by atoms with van der Waals surface area (Å²) in [6.45, 7) is 1.89. The number of nitrogens with one attached hydrogen (secondary N) is 2. The fourth-order valence-electron chi connectivity index (χ4n) is 2.55. The van der Waals surface area contributed by atoms with Crippen molar-refractivity contribution in [2.75, 3.05) is 5.32 Å². The van der Waals surface area contributed by atoms with E-state index in [1.54, 1.807) is 60.9 Å². The largest absolute Gasteiger partial charge is 0.348 e. The molecule has 0 atom stereocenters. The molecule has 0 bridgehead atoms. The molecule has 3 rings (SSSR count). The van der Waals surface area contributed by atoms with Crippen LogP contribution in [0.5, 0.6) is 0 Å². The summed E-state index contributed by atoms with van der Waals surface area (Å²) in [5.74, 6) is -0.543. The van der Waals surface area contributed by atoms with E-state index in [1.807, 2.05) is 12.1 Å². The summed E-state index contributed by atoms with van der Waals surface area (Å²) < 4.78 is 0. The van der Waals surface area contributed by atoms with E-state index in [0.29, 0.717) is 28.9 Å². The van der Waals surface area contributed by atoms with Crippen LogP contribution in [0.3, 0.4) is 0 Å². The first-order valence-corrected chi connectivity index (χ1v) is 8.72. The van der Waals surface area contributed by atoms with Gasteiger partial charge in [-0.05, 0) is 73.2 Å². The van der Waals surface area contributed by atoms with Gasteiger partial charge in [0.25, 0.3) is 11.8 Å². The second-order valence-electron chi connectivity index (χ2n) is 6.20. The summed E-state index contributed by atoms with van der Waals surface area (Å²) in [7, 11) is 0. The van der Waals surface area contributed by atoms with E-state index in [2.05, 4.69) is 15.6 Å². The first kappa shape index (κ1) is 19.0. The molecule has 28 heavy (non-hydrogen) atoms. The van der Waals surface area contributed by atoms with Crippen LogP contribution in [0.2, 0.25) is 0 Å². The third-order valence-electron chi connectivity index (χ3n) is 4.16. The fourth-order valence-corrected chi connectivity index (χ4v) is 2.55. The van der Waals surface area contributed by atoms with Gasteiger partial charge in [0.15, 0.2) is 5.78 Å². The molecular formula is C22H19N3O3. The third kappa shape index (κ3) is 4.88. The maximum absolute atomic E-state index is 12.3. The zero-order chi connectivity index (χ0) is 19.9. The number of amides is 2. The second kappa shape index (κ2) is 8.73. The summed E-state index contributed by atoms with van der Waals surface area (Å²) >= 11 is 0. The van der Waals surface area contributed by atoms with Gasteiger partial charge in [-0.25, -0.2) is 0 Å². The number of ketones is 1. The van der Waals surface area contributed by atoms with E-state index in [4.69, 9.17) is 0 Å². The van der Waals surface area contributed by atoms with E-state index < -0.39 is 0 Å². The van der Waals surface area contributed by atoms with Gasteiger partial charge in [-0.1, -0.05) is 0 Å². The van der Waals surface area contributed by atoms with Gasteiger partial charge in [0.2, 0.25) is 0 Å². The monoisotopic (exact) mass is 373 g/mol. The van der Waals surface area contributed by atoms with Crippen LogP contribution in [0.1, 0.15) is 43.6 Å². The van der Waals surface area contributed by atoms with Crippen LogP contribution in [-0.2, 0) is 6.54 Å². The number of carbonyl (C=O) groups is 3. The number of aromatic nitrogens is 1. The van der Waals surface area contributed by atoms with E-state index in [-0.39, 0.29) is 17.6 Å². The lowest BCUT2D eigenvalue weighted by molar-refractivity contribution is 0.0948. The number of hydrogen-bond donors (Lipinski definition) is 2. The van der Waals surface area contributed by atoms with Gasteiger partial charge in [-0.2, -0.15) is 0 Å². The van der Waals surface area contributed by atoms with Gasteiger partial charge in [0, 0.05) is 41.3 Å². The molecular weight excluding hydrogens is 354 g/mol. The van der Waals surface area contributed by atoms with E-state index >= 15 is 0 Å². The molecule has 2 N–H and O–H groups in total. The van der Waals surface area contributed by atoms with Crippen molar-refractivity contribution in [3.8, 4) is 0 Å². The summed E-state index contributed by atoms with van der Waals surface area (Å²) in [4.78, 5) is 39.8. The fraction of sp³-hybridized carbons (Fsp3) is 0.0909. The van der Waals surface area contributed by atoms with Crippen LogP contribution in [0.15, 0.2) is 73.1 Å². The Balaban J connectivity index is 1.59. The smallest absolute Gasteiger partial charge is 0.255 e. The van der Waals surface area contributed by atoms with Crippen LogP contribution in [0.25, 0.3) is 0 Å². The maximum Gasteiger partial charge on any atom is 0.255 e. The first-order chi connectivity index (χ1) is 13.5. The van der Waals surface area contributed by atoms with Crippen molar-refractivity contribution in [1.29, 1.82) is 0 Å². The lowest BCUT2D eigenvalue weighted by Crippen LogP contribution is -2.23. The highest BCUT2D eigenvalue weighted by Gasteiger charge is 2.10. The normalized spacial score (nSPS) is 10.2. The molecule has 2 amide bonds. The number of benzene rings is 2. The zero-order valence-electron chi connectivity index (χ0n) is 15.3. The summed E-state index contributed by atoms with van der Waals surface area (Å²) in [5.41, 5.74) is 3.03. The lowest BCUT2D eigenvalue weighted by atomic mass is 10.1. The van der Waals surface area contributed by atoms with Gasteiger partial charge in [0.1, 0.15) is 0 Å². The third-order valence-corrected chi connectivity index (χ3v) is 4.16. The number of anilines is 1. The zero-order valence-corrected chi connectivity index (χ0v) is 15.3. The van der Waals surface area contributed by atoms with Crippen molar-refractivity contribution in [2.45, 2.75) is 13.5 Å². The number of Topliss-reactive ketones (excluding diaryl/α,β-unsaturated/α-hetero) is 1. The van der Waals surface area contributed by atoms with Crippen molar-refractivity contribution >= 4 is 23.3 Å². The maximum atomic E-state index is 12.3. The first-order valence-electron chi connectivity index (χ1n) is 8.72. The van der Waals surface area contributed by atoms with Crippen molar-refractivity contribution < 1.29 is 14.4 Å². The van der Waals surface area contributed by atoms with Crippen LogP contribution in [-0.4, -0.2) is 22.6 Å². The Kier molecular flexibility index (Phi) is 5.91. The van der Waals surface area contributed by atoms with E-state index in [0.717, 1.165) is 5.56 Å². The van der Waals surface area contributed by atoms with E-state index in [9.17, 15) is 14.4 Å². The van der Waals surface area contributed by atoms with Gasteiger partial charge in [-0.15, -0.1) is 0 Å². The Morgan fingerprint density at radius 2 is 1.29 bits per heavy atom. The summed E-state index contributed by atoms with van der Waals surface area (Å²) in [6, 6.07) is 16.7. The Bertz CT molecular complexity index is 982. The number of rotatable bonds is 6. The quantitative estimate of drug-likeness (QED) is 0.648. The number of carbonyl (C=O) groups excluding carboxylic acids is 3. The second-order valence-corrected chi connectivity index (χ2v) is 6.20. The van der Waals surface area contributed by atoms with Crippen molar-refractivity contribution in [1.82, 2.24) is 10.3 Å². The molecule has 0 aliphatic carbocycles. The molecule has 6 heteroatoms. The van der Waals surface area contributed by atoms with Crippen molar-refractivity contribution in [3.05, 3.63) is 95.3 Å². The van der Waals surface area contributed by atoms with Gasteiger partial charge in [-0.3, -0.25) is 19.4 Å². The highest BCUT2D eigenvalue weighted by molar-refractivity contribution is 6.05. The molecule has 2 aromatic carbocycles. The Morgan fingerprint density at radius 3 is 1.86 bits per heavy atom. The SMILES string of the molecule is CC(=O)c1ccc(NC(=O)c2ccc(C(=O)NCc3ccncc3)cc2)cc1. The summed E-state index contributed by atoms with van der Waals surface area (Å²) in [5, 5.41) is 5.59. The highest BCUT2D eigenvalue weighted by Crippen LogP contribution is 2.13. The van der Waals surface area contributed by atoms with Gasteiger partial charge < -0.3 is 10.6 Å². The summed E-state index contributed by atoms with van der Waals surface area (Å²) in [6.07, 6.45) is 3.34. The predicted octanol–water partition coefficient (Wildman–Crippen LogP) is 3.47. The standard InChI is InChI=1S/C22H19N3O3/c1-15(26)17-6-8-20(9-7-17)25-22(28)19-4-2-18(3-5-19)21(27)24-14-16-10-12-23-13-11-16/h2-13H,14H2,1H3,(H,24,27)(H,25,28). The number of hydrogen-bond acceptors (Lipinski definition) is 4. The molecule has 0 unspecified atom stereocenters. The Morgan fingerprint density at radius 1 is 0.750 bits per heavy atom.